The summed E-state index contributed by atoms with van der Waals surface area (Å²) in [5, 5.41) is 10.4. The van der Waals surface area contributed by atoms with Crippen molar-refractivity contribution in [3.05, 3.63) is 72.6 Å². The molecule has 4 heterocycles. The quantitative estimate of drug-likeness (QED) is 0.353. The van der Waals surface area contributed by atoms with Gasteiger partial charge in [0, 0.05) is 30.9 Å². The highest BCUT2D eigenvalue weighted by Gasteiger charge is 2.31. The highest BCUT2D eigenvalue weighted by Crippen LogP contribution is 2.36. The molecule has 0 amide bonds. The average molecular weight is 535 g/mol. The first-order chi connectivity index (χ1) is 18.2. The maximum absolute atomic E-state index is 13.3. The fourth-order valence-electron chi connectivity index (χ4n) is 4.96. The Balaban J connectivity index is 1.37. The molecule has 0 aliphatic carbocycles. The van der Waals surface area contributed by atoms with E-state index in [-0.39, 0.29) is 23.5 Å². The first kappa shape index (κ1) is 25.9. The van der Waals surface area contributed by atoms with Gasteiger partial charge in [-0.15, -0.1) is 0 Å². The normalized spacial score (nSPS) is 15.2. The molecule has 9 nitrogen and oxygen atoms in total. The summed E-state index contributed by atoms with van der Waals surface area (Å²) >= 11 is 0. The standard InChI is InChI=1S/C28H30N4O5S/c1-19(2)37-21-6-8-22(9-7-21)38(35,36)32-15-12-20(13-16-32)24-17-31(18-27(33)34)28-23(24)10-11-26(30-28)25-5-3-4-14-29-25/h3-11,14,17,19-20H,12-13,15-16,18H2,1-2H3,(H,33,34). The molecule has 1 aromatic carbocycles. The van der Waals surface area contributed by atoms with Crippen molar-refractivity contribution in [1.29, 1.82) is 0 Å². The van der Waals surface area contributed by atoms with Crippen LogP contribution >= 0.6 is 0 Å². The Morgan fingerprint density at radius 2 is 1.79 bits per heavy atom. The number of fused-ring (bicyclic) bond motifs is 1. The van der Waals surface area contributed by atoms with Gasteiger partial charge in [-0.3, -0.25) is 9.78 Å². The second kappa shape index (κ2) is 10.5. The summed E-state index contributed by atoms with van der Waals surface area (Å²) in [5.41, 5.74) is 2.96. The first-order valence-electron chi connectivity index (χ1n) is 12.6. The second-order valence-corrected chi connectivity index (χ2v) is 11.6. The van der Waals surface area contributed by atoms with Gasteiger partial charge in [0.05, 0.1) is 22.4 Å². The average Bonchev–Trinajstić information content (AvgIpc) is 3.26. The number of pyridine rings is 2. The zero-order valence-corrected chi connectivity index (χ0v) is 22.1. The number of hydrogen-bond acceptors (Lipinski definition) is 6. The van der Waals surface area contributed by atoms with E-state index in [4.69, 9.17) is 9.72 Å². The van der Waals surface area contributed by atoms with Gasteiger partial charge in [0.25, 0.3) is 0 Å². The molecule has 3 aromatic heterocycles. The van der Waals surface area contributed by atoms with Crippen LogP contribution in [0.5, 0.6) is 5.75 Å². The maximum Gasteiger partial charge on any atom is 0.323 e. The van der Waals surface area contributed by atoms with Crippen molar-refractivity contribution in [2.75, 3.05) is 13.1 Å². The third-order valence-electron chi connectivity index (χ3n) is 6.71. The monoisotopic (exact) mass is 534 g/mol. The number of piperidine rings is 1. The molecule has 0 radical (unpaired) electrons. The van der Waals surface area contributed by atoms with Gasteiger partial charge in [-0.2, -0.15) is 4.31 Å². The maximum atomic E-state index is 13.3. The van der Waals surface area contributed by atoms with Crippen LogP contribution in [0.2, 0.25) is 0 Å². The van der Waals surface area contributed by atoms with Gasteiger partial charge in [-0.05, 0) is 86.7 Å². The number of carboxylic acids is 1. The first-order valence-corrected chi connectivity index (χ1v) is 14.1. The van der Waals surface area contributed by atoms with Crippen LogP contribution in [0.25, 0.3) is 22.4 Å². The Bertz CT molecular complexity index is 1540. The minimum atomic E-state index is -3.63. The van der Waals surface area contributed by atoms with E-state index < -0.39 is 16.0 Å². The van der Waals surface area contributed by atoms with Crippen LogP contribution in [-0.4, -0.2) is 57.5 Å². The molecule has 10 heteroatoms. The number of aliphatic carboxylic acids is 1. The number of sulfonamides is 1. The smallest absolute Gasteiger partial charge is 0.323 e. The number of carboxylic acid groups (broad SMARTS) is 1. The lowest BCUT2D eigenvalue weighted by Crippen LogP contribution is -2.37. The summed E-state index contributed by atoms with van der Waals surface area (Å²) in [6.07, 6.45) is 4.81. The lowest BCUT2D eigenvalue weighted by molar-refractivity contribution is -0.137. The number of nitrogens with zero attached hydrogens (tertiary/aromatic N) is 4. The zero-order valence-electron chi connectivity index (χ0n) is 21.3. The Labute approximate surface area is 221 Å². The summed E-state index contributed by atoms with van der Waals surface area (Å²) in [7, 11) is -3.63. The minimum Gasteiger partial charge on any atom is -0.491 e. The molecule has 4 aromatic rings. The predicted molar refractivity (Wildman–Crippen MR) is 144 cm³/mol. The molecular formula is C28H30N4O5S. The van der Waals surface area contributed by atoms with Gasteiger partial charge in [0.15, 0.2) is 0 Å². The van der Waals surface area contributed by atoms with E-state index in [9.17, 15) is 18.3 Å². The lowest BCUT2D eigenvalue weighted by atomic mass is 9.90. The number of carbonyl (C=O) groups is 1. The van der Waals surface area contributed by atoms with E-state index in [2.05, 4.69) is 4.98 Å². The lowest BCUT2D eigenvalue weighted by Gasteiger charge is -2.31. The van der Waals surface area contributed by atoms with Gasteiger partial charge < -0.3 is 14.4 Å². The van der Waals surface area contributed by atoms with Crippen LogP contribution in [0, 0.1) is 0 Å². The molecule has 1 saturated heterocycles. The van der Waals surface area contributed by atoms with Crippen LogP contribution in [0.4, 0.5) is 0 Å². The Hall–Kier alpha value is -3.76. The third kappa shape index (κ3) is 5.27. The van der Waals surface area contributed by atoms with Crippen molar-refractivity contribution in [2.24, 2.45) is 0 Å². The molecule has 1 aliphatic heterocycles. The molecule has 0 spiro atoms. The molecule has 1 N–H and O–H groups in total. The molecule has 1 fully saturated rings. The molecule has 0 unspecified atom stereocenters. The van der Waals surface area contributed by atoms with Crippen LogP contribution in [0.15, 0.2) is 71.9 Å². The summed E-state index contributed by atoms with van der Waals surface area (Å²) in [6.45, 7) is 4.39. The van der Waals surface area contributed by atoms with Gasteiger partial charge in [-0.25, -0.2) is 13.4 Å². The van der Waals surface area contributed by atoms with E-state index in [0.717, 1.165) is 10.9 Å². The van der Waals surface area contributed by atoms with E-state index in [1.807, 2.05) is 50.4 Å². The number of rotatable bonds is 8. The van der Waals surface area contributed by atoms with Crippen LogP contribution in [0.1, 0.15) is 38.2 Å². The number of ether oxygens (including phenoxy) is 1. The van der Waals surface area contributed by atoms with E-state index in [1.54, 1.807) is 35.0 Å². The van der Waals surface area contributed by atoms with Crippen molar-refractivity contribution in [1.82, 2.24) is 18.8 Å². The van der Waals surface area contributed by atoms with Crippen molar-refractivity contribution in [3.63, 3.8) is 0 Å². The van der Waals surface area contributed by atoms with Crippen molar-refractivity contribution >= 4 is 27.0 Å². The van der Waals surface area contributed by atoms with Crippen molar-refractivity contribution in [2.45, 2.75) is 50.2 Å². The van der Waals surface area contributed by atoms with E-state index in [1.165, 1.54) is 4.31 Å². The van der Waals surface area contributed by atoms with Crippen LogP contribution in [-0.2, 0) is 21.4 Å². The van der Waals surface area contributed by atoms with Crippen molar-refractivity contribution < 1.29 is 23.1 Å². The van der Waals surface area contributed by atoms with E-state index >= 15 is 0 Å². The Morgan fingerprint density at radius 1 is 1.05 bits per heavy atom. The fourth-order valence-corrected chi connectivity index (χ4v) is 6.43. The molecule has 0 saturated carbocycles. The summed E-state index contributed by atoms with van der Waals surface area (Å²) in [4.78, 5) is 20.9. The SMILES string of the molecule is CC(C)Oc1ccc(S(=O)(=O)N2CCC(c3cn(CC(=O)O)c4nc(-c5ccccn5)ccc34)CC2)cc1. The predicted octanol–water partition coefficient (Wildman–Crippen LogP) is 4.54. The Morgan fingerprint density at radius 3 is 2.42 bits per heavy atom. The van der Waals surface area contributed by atoms with Crippen molar-refractivity contribution in [3.8, 4) is 17.1 Å². The number of hydrogen-bond donors (Lipinski definition) is 1. The zero-order chi connectivity index (χ0) is 26.9. The summed E-state index contributed by atoms with van der Waals surface area (Å²) in [6, 6.07) is 16.0. The topological polar surface area (TPSA) is 115 Å². The number of benzene rings is 1. The molecular weight excluding hydrogens is 504 g/mol. The second-order valence-electron chi connectivity index (χ2n) is 9.71. The van der Waals surface area contributed by atoms with Gasteiger partial charge >= 0.3 is 5.97 Å². The molecule has 5 rings (SSSR count). The largest absolute Gasteiger partial charge is 0.491 e. The molecule has 1 aliphatic rings. The van der Waals surface area contributed by atoms with Crippen LogP contribution in [0.3, 0.4) is 0 Å². The molecule has 38 heavy (non-hydrogen) atoms. The number of aromatic nitrogens is 3. The summed E-state index contributed by atoms with van der Waals surface area (Å²) < 4.78 is 35.4. The molecule has 0 bridgehead atoms. The minimum absolute atomic E-state index is 0.00900. The molecule has 0 atom stereocenters. The highest BCUT2D eigenvalue weighted by atomic mass is 32.2. The fraction of sp³-hybridized carbons (Fsp3) is 0.321. The van der Waals surface area contributed by atoms with Gasteiger partial charge in [-0.1, -0.05) is 6.07 Å². The Kier molecular flexibility index (Phi) is 7.18. The third-order valence-corrected chi connectivity index (χ3v) is 8.63. The highest BCUT2D eigenvalue weighted by molar-refractivity contribution is 7.89. The summed E-state index contributed by atoms with van der Waals surface area (Å²) in [5.74, 6) is -0.234. The van der Waals surface area contributed by atoms with Gasteiger partial charge in [0.1, 0.15) is 17.9 Å². The van der Waals surface area contributed by atoms with E-state index in [0.29, 0.717) is 48.7 Å². The molecule has 198 valence electrons. The van der Waals surface area contributed by atoms with Gasteiger partial charge in [0.2, 0.25) is 10.0 Å². The van der Waals surface area contributed by atoms with Crippen LogP contribution < -0.4 is 4.74 Å².